The maximum Gasteiger partial charge on any atom is 0.238 e. The first-order valence-corrected chi connectivity index (χ1v) is 9.75. The van der Waals surface area contributed by atoms with Gasteiger partial charge in [0.15, 0.2) is 0 Å². The van der Waals surface area contributed by atoms with Gasteiger partial charge in [-0.3, -0.25) is 4.79 Å². The lowest BCUT2D eigenvalue weighted by molar-refractivity contribution is -0.115. The van der Waals surface area contributed by atoms with Gasteiger partial charge in [0.1, 0.15) is 24.7 Å². The topological polar surface area (TPSA) is 59.6 Å². The van der Waals surface area contributed by atoms with E-state index in [4.69, 9.17) is 9.47 Å². The minimum Gasteiger partial charge on any atom is -0.490 e. The Bertz CT molecular complexity index is 852. The zero-order chi connectivity index (χ0) is 20.2. The van der Waals surface area contributed by atoms with Gasteiger partial charge in [-0.1, -0.05) is 48.5 Å². The number of rotatable bonds is 11. The number of para-hydroxylation sites is 1. The lowest BCUT2D eigenvalue weighted by Gasteiger charge is -2.10. The third kappa shape index (κ3) is 7.68. The summed E-state index contributed by atoms with van der Waals surface area (Å²) in [5, 5.41) is 6.04. The van der Waals surface area contributed by atoms with Crippen LogP contribution in [0.2, 0.25) is 0 Å². The van der Waals surface area contributed by atoms with Gasteiger partial charge in [-0.25, -0.2) is 0 Å². The number of hydrogen-bond donors (Lipinski definition) is 2. The summed E-state index contributed by atoms with van der Waals surface area (Å²) in [4.78, 5) is 12.0. The highest BCUT2D eigenvalue weighted by Crippen LogP contribution is 2.16. The van der Waals surface area contributed by atoms with Crippen LogP contribution in [0.4, 0.5) is 5.69 Å². The van der Waals surface area contributed by atoms with Crippen LogP contribution >= 0.6 is 0 Å². The van der Waals surface area contributed by atoms with Crippen LogP contribution in [0.1, 0.15) is 5.56 Å². The van der Waals surface area contributed by atoms with Crippen molar-refractivity contribution in [3.63, 3.8) is 0 Å². The van der Waals surface area contributed by atoms with Gasteiger partial charge in [0.25, 0.3) is 0 Å². The van der Waals surface area contributed by atoms with Gasteiger partial charge in [0.2, 0.25) is 5.91 Å². The number of carbonyl (C=O) groups excluding carboxylic acids is 1. The maximum absolute atomic E-state index is 12.0. The molecule has 0 atom stereocenters. The lowest BCUT2D eigenvalue weighted by Crippen LogP contribution is -2.29. The van der Waals surface area contributed by atoms with E-state index in [1.54, 1.807) is 0 Å². The Hall–Kier alpha value is -3.31. The quantitative estimate of drug-likeness (QED) is 0.487. The summed E-state index contributed by atoms with van der Waals surface area (Å²) in [5.41, 5.74) is 2.00. The second-order valence-electron chi connectivity index (χ2n) is 6.49. The predicted octanol–water partition coefficient (Wildman–Crippen LogP) is 3.92. The molecule has 1 amide bonds. The molecule has 3 rings (SSSR count). The lowest BCUT2D eigenvalue weighted by atomic mass is 10.1. The summed E-state index contributed by atoms with van der Waals surface area (Å²) < 4.78 is 11.2. The minimum absolute atomic E-state index is 0.0667. The van der Waals surface area contributed by atoms with E-state index in [9.17, 15) is 4.79 Å². The Morgan fingerprint density at radius 1 is 0.724 bits per heavy atom. The molecule has 0 unspecified atom stereocenters. The molecule has 0 saturated carbocycles. The molecule has 29 heavy (non-hydrogen) atoms. The Morgan fingerprint density at radius 3 is 1.97 bits per heavy atom. The average molecular weight is 390 g/mol. The first-order chi connectivity index (χ1) is 14.3. The van der Waals surface area contributed by atoms with E-state index in [2.05, 4.69) is 22.8 Å². The molecule has 5 heteroatoms. The molecule has 0 aliphatic carbocycles. The van der Waals surface area contributed by atoms with Gasteiger partial charge in [-0.2, -0.15) is 0 Å². The SMILES string of the molecule is O=C(CNCCc1ccccc1)Nc1ccc(OCCOc2ccccc2)cc1. The molecular weight excluding hydrogens is 364 g/mol. The fraction of sp³-hybridized carbons (Fsp3) is 0.208. The molecule has 0 aromatic heterocycles. The van der Waals surface area contributed by atoms with E-state index < -0.39 is 0 Å². The van der Waals surface area contributed by atoms with Crippen molar-refractivity contribution >= 4 is 11.6 Å². The number of carbonyl (C=O) groups is 1. The van der Waals surface area contributed by atoms with E-state index in [1.807, 2.05) is 72.8 Å². The van der Waals surface area contributed by atoms with Crippen molar-refractivity contribution in [3.8, 4) is 11.5 Å². The van der Waals surface area contributed by atoms with Crippen LogP contribution in [0.5, 0.6) is 11.5 Å². The van der Waals surface area contributed by atoms with Crippen LogP contribution in [0.15, 0.2) is 84.9 Å². The Balaban J connectivity index is 1.30. The average Bonchev–Trinajstić information content (AvgIpc) is 2.77. The van der Waals surface area contributed by atoms with E-state index in [-0.39, 0.29) is 12.5 Å². The van der Waals surface area contributed by atoms with Gasteiger partial charge in [-0.05, 0) is 54.9 Å². The van der Waals surface area contributed by atoms with Crippen LogP contribution < -0.4 is 20.1 Å². The predicted molar refractivity (Wildman–Crippen MR) is 116 cm³/mol. The molecule has 3 aromatic rings. The van der Waals surface area contributed by atoms with Gasteiger partial charge < -0.3 is 20.1 Å². The zero-order valence-corrected chi connectivity index (χ0v) is 16.3. The van der Waals surface area contributed by atoms with Crippen LogP contribution in [-0.2, 0) is 11.2 Å². The summed E-state index contributed by atoms with van der Waals surface area (Å²) in [6.07, 6.45) is 0.897. The van der Waals surface area contributed by atoms with E-state index in [0.717, 1.165) is 30.2 Å². The highest BCUT2D eigenvalue weighted by atomic mass is 16.5. The first kappa shape index (κ1) is 20.4. The molecule has 150 valence electrons. The van der Waals surface area contributed by atoms with Crippen molar-refractivity contribution in [2.45, 2.75) is 6.42 Å². The standard InChI is InChI=1S/C24H26N2O3/c27-24(19-25-16-15-20-7-3-1-4-8-20)26-21-11-13-23(14-12-21)29-18-17-28-22-9-5-2-6-10-22/h1-14,25H,15-19H2,(H,26,27). The number of anilines is 1. The fourth-order valence-corrected chi connectivity index (χ4v) is 2.75. The molecule has 0 aliphatic heterocycles. The zero-order valence-electron chi connectivity index (χ0n) is 16.3. The Morgan fingerprint density at radius 2 is 1.31 bits per heavy atom. The second kappa shape index (κ2) is 11.5. The highest BCUT2D eigenvalue weighted by Gasteiger charge is 2.03. The number of hydrogen-bond acceptors (Lipinski definition) is 4. The third-order valence-electron chi connectivity index (χ3n) is 4.22. The Kier molecular flexibility index (Phi) is 8.11. The molecule has 0 aliphatic rings. The highest BCUT2D eigenvalue weighted by molar-refractivity contribution is 5.92. The minimum atomic E-state index is -0.0667. The van der Waals surface area contributed by atoms with Crippen LogP contribution in [-0.4, -0.2) is 32.2 Å². The molecule has 5 nitrogen and oxygen atoms in total. The molecule has 0 bridgehead atoms. The molecule has 0 heterocycles. The molecule has 0 spiro atoms. The van der Waals surface area contributed by atoms with Crippen molar-refractivity contribution in [1.82, 2.24) is 5.32 Å². The van der Waals surface area contributed by atoms with Crippen molar-refractivity contribution in [3.05, 3.63) is 90.5 Å². The molecule has 0 fully saturated rings. The normalized spacial score (nSPS) is 10.3. The smallest absolute Gasteiger partial charge is 0.238 e. The number of nitrogens with one attached hydrogen (secondary N) is 2. The summed E-state index contributed by atoms with van der Waals surface area (Å²) in [6, 6.07) is 27.2. The second-order valence-corrected chi connectivity index (χ2v) is 6.49. The summed E-state index contributed by atoms with van der Waals surface area (Å²) in [7, 11) is 0. The Labute approximate surface area is 171 Å². The van der Waals surface area contributed by atoms with Crippen molar-refractivity contribution in [2.75, 3.05) is 31.6 Å². The van der Waals surface area contributed by atoms with E-state index >= 15 is 0 Å². The van der Waals surface area contributed by atoms with E-state index in [0.29, 0.717) is 13.2 Å². The first-order valence-electron chi connectivity index (χ1n) is 9.75. The summed E-state index contributed by atoms with van der Waals surface area (Å²) in [6.45, 7) is 1.96. The molecule has 2 N–H and O–H groups in total. The van der Waals surface area contributed by atoms with Gasteiger partial charge in [-0.15, -0.1) is 0 Å². The van der Waals surface area contributed by atoms with E-state index in [1.165, 1.54) is 5.56 Å². The monoisotopic (exact) mass is 390 g/mol. The molecular formula is C24H26N2O3. The molecule has 3 aromatic carbocycles. The largest absolute Gasteiger partial charge is 0.490 e. The van der Waals surface area contributed by atoms with Crippen LogP contribution in [0, 0.1) is 0 Å². The number of amides is 1. The van der Waals surface area contributed by atoms with Gasteiger partial charge in [0.05, 0.1) is 6.54 Å². The van der Waals surface area contributed by atoms with Crippen molar-refractivity contribution in [2.24, 2.45) is 0 Å². The molecule has 0 saturated heterocycles. The van der Waals surface area contributed by atoms with Crippen molar-refractivity contribution < 1.29 is 14.3 Å². The maximum atomic E-state index is 12.0. The van der Waals surface area contributed by atoms with Gasteiger partial charge >= 0.3 is 0 Å². The molecule has 0 radical (unpaired) electrons. The van der Waals surface area contributed by atoms with Crippen LogP contribution in [0.25, 0.3) is 0 Å². The van der Waals surface area contributed by atoms with Crippen LogP contribution in [0.3, 0.4) is 0 Å². The van der Waals surface area contributed by atoms with Crippen molar-refractivity contribution in [1.29, 1.82) is 0 Å². The third-order valence-corrected chi connectivity index (χ3v) is 4.22. The summed E-state index contributed by atoms with van der Waals surface area (Å²) in [5.74, 6) is 1.50. The number of ether oxygens (including phenoxy) is 2. The summed E-state index contributed by atoms with van der Waals surface area (Å²) >= 11 is 0. The van der Waals surface area contributed by atoms with Gasteiger partial charge in [0, 0.05) is 5.69 Å². The fourth-order valence-electron chi connectivity index (χ4n) is 2.75. The number of benzene rings is 3.